The van der Waals surface area contributed by atoms with Gasteiger partial charge >= 0.3 is 11.9 Å². The third-order valence-electron chi connectivity index (χ3n) is 11.5. The van der Waals surface area contributed by atoms with Crippen molar-refractivity contribution in [2.75, 3.05) is 0 Å². The second kappa shape index (κ2) is 10.4. The molecule has 0 N–H and O–H groups in total. The van der Waals surface area contributed by atoms with Crippen molar-refractivity contribution in [1.29, 1.82) is 0 Å². The molecule has 10 atom stereocenters. The summed E-state index contributed by atoms with van der Waals surface area (Å²) < 4.78 is 11.6. The zero-order valence-corrected chi connectivity index (χ0v) is 23.6. The average Bonchev–Trinajstić information content (AvgIpc) is 3.12. The molecule has 0 spiro atoms. The summed E-state index contributed by atoms with van der Waals surface area (Å²) in [5.41, 5.74) is 0.661. The standard InChI is InChI=1S/C31H52O4/c1-19(2)9-8-10-20(3)24-13-14-25-23-11-12-27-29(35-22(5)33)28(34-21(4)32)16-18-31(27,7)26(23)15-17-30(24,25)6/h19-20,23-29H,8-18H2,1-7H3/t20-,23-,24+,25-,26-,27+,28-,29+,30+,31-/m1/s1. The maximum absolute atomic E-state index is 12.0. The highest BCUT2D eigenvalue weighted by Crippen LogP contribution is 2.68. The Morgan fingerprint density at radius 1 is 0.771 bits per heavy atom. The molecule has 4 fully saturated rings. The van der Waals surface area contributed by atoms with Crippen molar-refractivity contribution in [1.82, 2.24) is 0 Å². The molecule has 0 aromatic heterocycles. The molecular weight excluding hydrogens is 436 g/mol. The lowest BCUT2D eigenvalue weighted by atomic mass is 9.44. The molecule has 0 aromatic rings. The molecule has 200 valence electrons. The molecule has 4 rings (SSSR count). The number of ether oxygens (including phenoxy) is 2. The number of rotatable bonds is 7. The Bertz CT molecular complexity index is 776. The molecule has 0 amide bonds. The first-order valence-electron chi connectivity index (χ1n) is 14.8. The number of hydrogen-bond acceptors (Lipinski definition) is 4. The van der Waals surface area contributed by atoms with Gasteiger partial charge in [-0.15, -0.1) is 0 Å². The minimum atomic E-state index is -0.290. The van der Waals surface area contributed by atoms with Gasteiger partial charge in [-0.05, 0) is 97.7 Å². The smallest absolute Gasteiger partial charge is 0.303 e. The molecule has 35 heavy (non-hydrogen) atoms. The topological polar surface area (TPSA) is 52.6 Å². The molecule has 4 saturated carbocycles. The van der Waals surface area contributed by atoms with E-state index in [0.29, 0.717) is 17.3 Å². The third kappa shape index (κ3) is 5.06. The lowest BCUT2D eigenvalue weighted by Crippen LogP contribution is -2.59. The van der Waals surface area contributed by atoms with Crippen LogP contribution in [0.1, 0.15) is 119 Å². The van der Waals surface area contributed by atoms with Crippen LogP contribution >= 0.6 is 0 Å². The number of fused-ring (bicyclic) bond motifs is 5. The minimum absolute atomic E-state index is 0.169. The lowest BCUT2D eigenvalue weighted by molar-refractivity contribution is -0.205. The largest absolute Gasteiger partial charge is 0.459 e. The lowest BCUT2D eigenvalue weighted by Gasteiger charge is -2.62. The Morgan fingerprint density at radius 3 is 2.06 bits per heavy atom. The molecule has 0 aromatic carbocycles. The Morgan fingerprint density at radius 2 is 1.40 bits per heavy atom. The van der Waals surface area contributed by atoms with Crippen LogP contribution in [-0.4, -0.2) is 24.1 Å². The Labute approximate surface area is 214 Å². The molecule has 0 saturated heterocycles. The third-order valence-corrected chi connectivity index (χ3v) is 11.5. The van der Waals surface area contributed by atoms with Crippen molar-refractivity contribution < 1.29 is 19.1 Å². The number of carbonyl (C=O) groups is 2. The van der Waals surface area contributed by atoms with Crippen LogP contribution in [-0.2, 0) is 19.1 Å². The second-order valence-corrected chi connectivity index (χ2v) is 13.9. The van der Waals surface area contributed by atoms with Gasteiger partial charge in [0, 0.05) is 19.8 Å². The summed E-state index contributed by atoms with van der Waals surface area (Å²) in [7, 11) is 0. The van der Waals surface area contributed by atoms with Gasteiger partial charge in [0.05, 0.1) is 0 Å². The quantitative estimate of drug-likeness (QED) is 0.347. The van der Waals surface area contributed by atoms with Gasteiger partial charge in [-0.2, -0.15) is 0 Å². The number of carbonyl (C=O) groups excluding carboxylic acids is 2. The predicted octanol–water partition coefficient (Wildman–Crippen LogP) is 7.58. The van der Waals surface area contributed by atoms with Crippen molar-refractivity contribution in [3.8, 4) is 0 Å². The normalized spacial score (nSPS) is 43.6. The SMILES string of the molecule is CC(=O)O[C@@H]1[C@H](OC(C)=O)CC[C@]2(C)[C@@H]3CC[C@]4(C)[C@H](CC[C@H]4[C@H](C)CCCC(C)C)[C@H]3CC[C@@H]12. The molecule has 0 unspecified atom stereocenters. The van der Waals surface area contributed by atoms with Crippen LogP contribution in [0.15, 0.2) is 0 Å². The van der Waals surface area contributed by atoms with Crippen LogP contribution < -0.4 is 0 Å². The van der Waals surface area contributed by atoms with Gasteiger partial charge < -0.3 is 9.47 Å². The summed E-state index contributed by atoms with van der Waals surface area (Å²) in [6, 6.07) is 0. The predicted molar refractivity (Wildman–Crippen MR) is 140 cm³/mol. The molecule has 0 bridgehead atoms. The highest BCUT2D eigenvalue weighted by atomic mass is 16.6. The van der Waals surface area contributed by atoms with Crippen LogP contribution in [0.3, 0.4) is 0 Å². The molecule has 4 aliphatic carbocycles. The summed E-state index contributed by atoms with van der Waals surface area (Å²) in [5, 5.41) is 0. The van der Waals surface area contributed by atoms with E-state index >= 15 is 0 Å². The summed E-state index contributed by atoms with van der Waals surface area (Å²) in [4.78, 5) is 23.8. The molecule has 4 aliphatic rings. The second-order valence-electron chi connectivity index (χ2n) is 13.9. The minimum Gasteiger partial charge on any atom is -0.459 e. The molecule has 0 aliphatic heterocycles. The van der Waals surface area contributed by atoms with Gasteiger partial charge in [-0.3, -0.25) is 9.59 Å². The van der Waals surface area contributed by atoms with E-state index in [9.17, 15) is 9.59 Å². The van der Waals surface area contributed by atoms with E-state index in [4.69, 9.17) is 9.47 Å². The number of hydrogen-bond donors (Lipinski definition) is 0. The van der Waals surface area contributed by atoms with Crippen molar-refractivity contribution in [2.24, 2.45) is 52.3 Å². The summed E-state index contributed by atoms with van der Waals surface area (Å²) in [5.74, 6) is 4.64. The van der Waals surface area contributed by atoms with Crippen molar-refractivity contribution in [2.45, 2.75) is 131 Å². The van der Waals surface area contributed by atoms with Crippen LogP contribution in [0.4, 0.5) is 0 Å². The van der Waals surface area contributed by atoms with E-state index in [2.05, 4.69) is 34.6 Å². The number of esters is 2. The maximum atomic E-state index is 12.0. The van der Waals surface area contributed by atoms with E-state index < -0.39 is 0 Å². The van der Waals surface area contributed by atoms with Crippen molar-refractivity contribution >= 4 is 11.9 Å². The van der Waals surface area contributed by atoms with Crippen molar-refractivity contribution in [3.63, 3.8) is 0 Å². The average molecular weight is 489 g/mol. The Hall–Kier alpha value is -1.06. The zero-order chi connectivity index (χ0) is 25.5. The maximum Gasteiger partial charge on any atom is 0.303 e. The molecule has 4 nitrogen and oxygen atoms in total. The van der Waals surface area contributed by atoms with Crippen LogP contribution in [0.2, 0.25) is 0 Å². The van der Waals surface area contributed by atoms with Gasteiger partial charge in [0.1, 0.15) is 12.2 Å². The fraction of sp³-hybridized carbons (Fsp3) is 0.935. The van der Waals surface area contributed by atoms with Crippen LogP contribution in [0.5, 0.6) is 0 Å². The summed E-state index contributed by atoms with van der Waals surface area (Å²) in [6.07, 6.45) is 13.2. The van der Waals surface area contributed by atoms with E-state index in [-0.39, 0.29) is 29.6 Å². The van der Waals surface area contributed by atoms with Gasteiger partial charge in [-0.1, -0.05) is 53.9 Å². The first kappa shape index (κ1) is 27.0. The Kier molecular flexibility index (Phi) is 7.99. The van der Waals surface area contributed by atoms with Gasteiger partial charge in [0.2, 0.25) is 0 Å². The molecule has 0 heterocycles. The van der Waals surface area contributed by atoms with Crippen LogP contribution in [0, 0.1) is 52.3 Å². The highest BCUT2D eigenvalue weighted by Gasteiger charge is 2.63. The van der Waals surface area contributed by atoms with E-state index in [1.54, 1.807) is 0 Å². The van der Waals surface area contributed by atoms with Gasteiger partial charge in [-0.25, -0.2) is 0 Å². The molecule has 0 radical (unpaired) electrons. The monoisotopic (exact) mass is 488 g/mol. The van der Waals surface area contributed by atoms with E-state index in [1.165, 1.54) is 65.2 Å². The van der Waals surface area contributed by atoms with Gasteiger partial charge in [0.15, 0.2) is 0 Å². The molecule has 4 heteroatoms. The van der Waals surface area contributed by atoms with Crippen molar-refractivity contribution in [3.05, 3.63) is 0 Å². The summed E-state index contributed by atoms with van der Waals surface area (Å²) >= 11 is 0. The Balaban J connectivity index is 1.50. The fourth-order valence-corrected chi connectivity index (χ4v) is 9.99. The highest BCUT2D eigenvalue weighted by molar-refractivity contribution is 5.67. The van der Waals surface area contributed by atoms with E-state index in [1.807, 2.05) is 0 Å². The first-order valence-corrected chi connectivity index (χ1v) is 14.8. The van der Waals surface area contributed by atoms with E-state index in [0.717, 1.165) is 48.9 Å². The van der Waals surface area contributed by atoms with Crippen LogP contribution in [0.25, 0.3) is 0 Å². The zero-order valence-electron chi connectivity index (χ0n) is 23.6. The summed E-state index contributed by atoms with van der Waals surface area (Å²) in [6.45, 7) is 15.3. The molecular formula is C31H52O4. The first-order chi connectivity index (χ1) is 16.5. The fourth-order valence-electron chi connectivity index (χ4n) is 9.99. The van der Waals surface area contributed by atoms with Gasteiger partial charge in [0.25, 0.3) is 0 Å².